The van der Waals surface area contributed by atoms with E-state index in [4.69, 9.17) is 0 Å². The SMILES string of the molecule is O=C(CCc1cnn(-c2ccccc2)c1)NCCN1CCNCC1. The number of hydrogen-bond acceptors (Lipinski definition) is 4. The Balaban J connectivity index is 1.38. The molecule has 0 bridgehead atoms. The van der Waals surface area contributed by atoms with Gasteiger partial charge in [0.25, 0.3) is 0 Å². The van der Waals surface area contributed by atoms with Crippen molar-refractivity contribution in [1.82, 2.24) is 25.3 Å². The highest BCUT2D eigenvalue weighted by Crippen LogP contribution is 2.09. The van der Waals surface area contributed by atoms with Crippen LogP contribution in [0, 0.1) is 0 Å². The highest BCUT2D eigenvalue weighted by atomic mass is 16.1. The van der Waals surface area contributed by atoms with E-state index in [1.165, 1.54) is 0 Å². The maximum atomic E-state index is 12.0. The third-order valence-corrected chi connectivity index (χ3v) is 4.26. The Labute approximate surface area is 142 Å². The van der Waals surface area contributed by atoms with E-state index < -0.39 is 0 Å². The zero-order chi connectivity index (χ0) is 16.6. The Hall–Kier alpha value is -2.18. The first-order valence-corrected chi connectivity index (χ1v) is 8.60. The Bertz CT molecular complexity index is 634. The van der Waals surface area contributed by atoms with Gasteiger partial charge in [0.1, 0.15) is 0 Å². The van der Waals surface area contributed by atoms with Gasteiger partial charge in [-0.05, 0) is 24.1 Å². The molecule has 2 N–H and O–H groups in total. The first-order valence-electron chi connectivity index (χ1n) is 8.60. The van der Waals surface area contributed by atoms with Gasteiger partial charge in [0, 0.05) is 51.9 Å². The summed E-state index contributed by atoms with van der Waals surface area (Å²) in [5.74, 6) is 0.109. The minimum Gasteiger partial charge on any atom is -0.355 e. The van der Waals surface area contributed by atoms with Crippen LogP contribution >= 0.6 is 0 Å². The van der Waals surface area contributed by atoms with Crippen molar-refractivity contribution >= 4 is 5.91 Å². The van der Waals surface area contributed by atoms with Crippen LogP contribution in [-0.4, -0.2) is 59.9 Å². The number of nitrogens with one attached hydrogen (secondary N) is 2. The van der Waals surface area contributed by atoms with E-state index in [2.05, 4.69) is 20.6 Å². The van der Waals surface area contributed by atoms with Crippen molar-refractivity contribution in [1.29, 1.82) is 0 Å². The van der Waals surface area contributed by atoms with Gasteiger partial charge in [0.05, 0.1) is 11.9 Å². The lowest BCUT2D eigenvalue weighted by Crippen LogP contribution is -2.46. The number of carbonyl (C=O) groups excluding carboxylic acids is 1. The topological polar surface area (TPSA) is 62.2 Å². The molecule has 0 saturated carbocycles. The van der Waals surface area contributed by atoms with Gasteiger partial charge in [0.15, 0.2) is 0 Å². The summed E-state index contributed by atoms with van der Waals surface area (Å²) < 4.78 is 1.84. The van der Waals surface area contributed by atoms with Crippen molar-refractivity contribution in [2.75, 3.05) is 39.3 Å². The molecule has 1 aromatic heterocycles. The Morgan fingerprint density at radius 2 is 2.00 bits per heavy atom. The number of carbonyl (C=O) groups is 1. The van der Waals surface area contributed by atoms with E-state index in [0.29, 0.717) is 12.8 Å². The fourth-order valence-corrected chi connectivity index (χ4v) is 2.85. The molecule has 0 atom stereocenters. The van der Waals surface area contributed by atoms with Gasteiger partial charge in [0.2, 0.25) is 5.91 Å². The quantitative estimate of drug-likeness (QED) is 0.791. The van der Waals surface area contributed by atoms with Gasteiger partial charge in [-0.2, -0.15) is 5.10 Å². The lowest BCUT2D eigenvalue weighted by molar-refractivity contribution is -0.121. The molecule has 0 spiro atoms. The molecule has 1 amide bonds. The average Bonchev–Trinajstić information content (AvgIpc) is 3.11. The number of nitrogens with zero attached hydrogens (tertiary/aromatic N) is 3. The van der Waals surface area contributed by atoms with E-state index in [0.717, 1.165) is 50.5 Å². The zero-order valence-corrected chi connectivity index (χ0v) is 13.9. The van der Waals surface area contributed by atoms with E-state index in [-0.39, 0.29) is 5.91 Å². The first-order chi connectivity index (χ1) is 11.8. The standard InChI is InChI=1S/C18H25N5O/c24-18(20-10-13-22-11-8-19-9-12-22)7-6-16-14-21-23(15-16)17-4-2-1-3-5-17/h1-5,14-15,19H,6-13H2,(H,20,24). The number of aryl methyl sites for hydroxylation is 1. The third kappa shape index (κ3) is 4.91. The molecule has 1 saturated heterocycles. The number of aromatic nitrogens is 2. The van der Waals surface area contributed by atoms with Crippen LogP contribution in [0.4, 0.5) is 0 Å². The first kappa shape index (κ1) is 16.7. The molecule has 128 valence electrons. The van der Waals surface area contributed by atoms with Crippen LogP contribution in [0.2, 0.25) is 0 Å². The van der Waals surface area contributed by atoms with Crippen LogP contribution < -0.4 is 10.6 Å². The second-order valence-electron chi connectivity index (χ2n) is 6.07. The zero-order valence-electron chi connectivity index (χ0n) is 13.9. The summed E-state index contributed by atoms with van der Waals surface area (Å²) in [5.41, 5.74) is 2.11. The molecule has 3 rings (SSSR count). The van der Waals surface area contributed by atoms with Gasteiger partial charge in [-0.3, -0.25) is 9.69 Å². The fraction of sp³-hybridized carbons (Fsp3) is 0.444. The summed E-state index contributed by atoms with van der Waals surface area (Å²) in [6.45, 7) is 5.86. The summed E-state index contributed by atoms with van der Waals surface area (Å²) in [6.07, 6.45) is 5.04. The Morgan fingerprint density at radius 3 is 2.79 bits per heavy atom. The van der Waals surface area contributed by atoms with Crippen molar-refractivity contribution in [3.05, 3.63) is 48.3 Å². The average molecular weight is 327 g/mol. The second-order valence-corrected chi connectivity index (χ2v) is 6.07. The van der Waals surface area contributed by atoms with Crippen molar-refractivity contribution in [2.24, 2.45) is 0 Å². The largest absolute Gasteiger partial charge is 0.355 e. The van der Waals surface area contributed by atoms with E-state index >= 15 is 0 Å². The molecule has 0 aliphatic carbocycles. The molecule has 24 heavy (non-hydrogen) atoms. The van der Waals surface area contributed by atoms with Crippen LogP contribution in [0.25, 0.3) is 5.69 Å². The summed E-state index contributed by atoms with van der Waals surface area (Å²) in [7, 11) is 0. The molecular weight excluding hydrogens is 302 g/mol. The number of piperazine rings is 1. The van der Waals surface area contributed by atoms with Crippen molar-refractivity contribution in [3.8, 4) is 5.69 Å². The number of amides is 1. The van der Waals surface area contributed by atoms with Crippen LogP contribution in [0.1, 0.15) is 12.0 Å². The van der Waals surface area contributed by atoms with Crippen LogP contribution in [0.15, 0.2) is 42.7 Å². The minimum atomic E-state index is 0.109. The van der Waals surface area contributed by atoms with Gasteiger partial charge in [-0.15, -0.1) is 0 Å². The number of rotatable bonds is 7. The van der Waals surface area contributed by atoms with Crippen LogP contribution in [0.5, 0.6) is 0 Å². The molecule has 0 unspecified atom stereocenters. The van der Waals surface area contributed by atoms with Gasteiger partial charge >= 0.3 is 0 Å². The molecule has 6 nitrogen and oxygen atoms in total. The predicted octanol–water partition coefficient (Wildman–Crippen LogP) is 0.826. The molecule has 0 radical (unpaired) electrons. The van der Waals surface area contributed by atoms with Crippen molar-refractivity contribution < 1.29 is 4.79 Å². The van der Waals surface area contributed by atoms with Gasteiger partial charge in [-0.1, -0.05) is 18.2 Å². The highest BCUT2D eigenvalue weighted by molar-refractivity contribution is 5.76. The monoisotopic (exact) mass is 327 g/mol. The van der Waals surface area contributed by atoms with E-state index in [9.17, 15) is 4.79 Å². The van der Waals surface area contributed by atoms with E-state index in [1.807, 2.05) is 47.4 Å². The molecule has 1 aliphatic rings. The van der Waals surface area contributed by atoms with Gasteiger partial charge in [-0.25, -0.2) is 4.68 Å². The Morgan fingerprint density at radius 1 is 1.21 bits per heavy atom. The molecule has 1 aliphatic heterocycles. The molecular formula is C18H25N5O. The molecule has 2 heterocycles. The summed E-state index contributed by atoms with van der Waals surface area (Å²) in [4.78, 5) is 14.3. The maximum absolute atomic E-state index is 12.0. The predicted molar refractivity (Wildman–Crippen MR) is 94.2 cm³/mol. The lowest BCUT2D eigenvalue weighted by atomic mass is 10.2. The van der Waals surface area contributed by atoms with E-state index in [1.54, 1.807) is 0 Å². The van der Waals surface area contributed by atoms with Gasteiger partial charge < -0.3 is 10.6 Å². The normalized spacial score (nSPS) is 15.3. The fourth-order valence-electron chi connectivity index (χ4n) is 2.85. The van der Waals surface area contributed by atoms with Crippen molar-refractivity contribution in [2.45, 2.75) is 12.8 Å². The third-order valence-electron chi connectivity index (χ3n) is 4.26. The summed E-state index contributed by atoms with van der Waals surface area (Å²) in [6, 6.07) is 9.99. The van der Waals surface area contributed by atoms with Crippen molar-refractivity contribution in [3.63, 3.8) is 0 Å². The minimum absolute atomic E-state index is 0.109. The summed E-state index contributed by atoms with van der Waals surface area (Å²) in [5, 5.41) is 10.7. The maximum Gasteiger partial charge on any atom is 0.220 e. The summed E-state index contributed by atoms with van der Waals surface area (Å²) >= 11 is 0. The number of hydrogen-bond donors (Lipinski definition) is 2. The second kappa shape index (κ2) is 8.61. The lowest BCUT2D eigenvalue weighted by Gasteiger charge is -2.27. The smallest absolute Gasteiger partial charge is 0.220 e. The van der Waals surface area contributed by atoms with Crippen LogP contribution in [0.3, 0.4) is 0 Å². The van der Waals surface area contributed by atoms with Crippen LogP contribution in [-0.2, 0) is 11.2 Å². The highest BCUT2D eigenvalue weighted by Gasteiger charge is 2.09. The number of para-hydroxylation sites is 1. The molecule has 6 heteroatoms. The molecule has 1 fully saturated rings. The Kier molecular flexibility index (Phi) is 5.98. The molecule has 2 aromatic rings. The molecule has 1 aromatic carbocycles. The number of benzene rings is 1.